The van der Waals surface area contributed by atoms with E-state index < -0.39 is 0 Å². The molecule has 8 rings (SSSR count). The fourth-order valence-electron chi connectivity index (χ4n) is 5.31. The molecule has 0 aliphatic rings. The van der Waals surface area contributed by atoms with Crippen molar-refractivity contribution in [3.05, 3.63) is 109 Å². The van der Waals surface area contributed by atoms with Crippen LogP contribution < -0.4 is 0 Å². The van der Waals surface area contributed by atoms with Crippen LogP contribution in [0.15, 0.2) is 114 Å². The van der Waals surface area contributed by atoms with Crippen LogP contribution in [0.3, 0.4) is 0 Å². The summed E-state index contributed by atoms with van der Waals surface area (Å²) in [7, 11) is 0. The second-order valence-electron chi connectivity index (χ2n) is 8.82. The topological polar surface area (TPSA) is 31.0 Å². The van der Waals surface area contributed by atoms with Crippen LogP contribution in [0.4, 0.5) is 0 Å². The third-order valence-electron chi connectivity index (χ3n) is 6.89. The molecule has 0 aliphatic carbocycles. The lowest BCUT2D eigenvalue weighted by atomic mass is 10.1. The Kier molecular flexibility index (Phi) is 3.82. The molecule has 0 radical (unpaired) electrons. The summed E-state index contributed by atoms with van der Waals surface area (Å²) >= 11 is 1.85. The van der Waals surface area contributed by atoms with Gasteiger partial charge in [-0.3, -0.25) is 0 Å². The summed E-state index contributed by atoms with van der Waals surface area (Å²) in [5.74, 6) is 0. The first-order valence-electron chi connectivity index (χ1n) is 11.6. The molecule has 0 amide bonds. The van der Waals surface area contributed by atoms with Gasteiger partial charge in [0.1, 0.15) is 11.8 Å². The van der Waals surface area contributed by atoms with Crippen molar-refractivity contribution in [2.45, 2.75) is 0 Å². The van der Waals surface area contributed by atoms with Crippen LogP contribution in [-0.2, 0) is 0 Å². The minimum absolute atomic E-state index is 0.884. The maximum Gasteiger partial charge on any atom is 0.136 e. The Bertz CT molecular complexity index is 2060. The van der Waals surface area contributed by atoms with Gasteiger partial charge >= 0.3 is 0 Å². The van der Waals surface area contributed by atoms with Gasteiger partial charge < -0.3 is 8.98 Å². The molecule has 0 saturated heterocycles. The lowest BCUT2D eigenvalue weighted by molar-refractivity contribution is 0.614. The monoisotopic (exact) mass is 466 g/mol. The average molecular weight is 467 g/mol. The number of fused-ring (bicyclic) bond motifs is 8. The molecule has 8 aromatic rings. The molecule has 0 saturated carbocycles. The normalized spacial score (nSPS) is 12.0. The minimum Gasteiger partial charge on any atom is -0.462 e. The highest BCUT2D eigenvalue weighted by atomic mass is 32.1. The van der Waals surface area contributed by atoms with E-state index in [1.807, 2.05) is 35.8 Å². The summed E-state index contributed by atoms with van der Waals surface area (Å²) in [4.78, 5) is 5.26. The van der Waals surface area contributed by atoms with E-state index in [9.17, 15) is 0 Å². The summed E-state index contributed by atoms with van der Waals surface area (Å²) in [6, 6.07) is 36.1. The number of para-hydroxylation sites is 1. The number of rotatable bonds is 2. The lowest BCUT2D eigenvalue weighted by Crippen LogP contribution is -1.93. The molecule has 0 spiro atoms. The van der Waals surface area contributed by atoms with E-state index in [0.29, 0.717) is 0 Å². The first-order chi connectivity index (χ1) is 17.4. The highest BCUT2D eigenvalue weighted by Gasteiger charge is 2.21. The molecule has 0 bridgehead atoms. The molecule has 0 aliphatic heterocycles. The second kappa shape index (κ2) is 7.05. The summed E-state index contributed by atoms with van der Waals surface area (Å²) in [6.45, 7) is 0. The molecule has 35 heavy (non-hydrogen) atoms. The van der Waals surface area contributed by atoms with Crippen molar-refractivity contribution in [3.63, 3.8) is 0 Å². The van der Waals surface area contributed by atoms with Crippen LogP contribution in [-0.4, -0.2) is 9.55 Å². The van der Waals surface area contributed by atoms with Crippen LogP contribution in [0.1, 0.15) is 0 Å². The highest BCUT2D eigenvalue weighted by Crippen LogP contribution is 2.44. The fourth-order valence-corrected chi connectivity index (χ4v) is 6.55. The van der Waals surface area contributed by atoms with Crippen molar-refractivity contribution >= 4 is 64.4 Å². The first kappa shape index (κ1) is 19.0. The molecule has 4 aromatic carbocycles. The molecule has 0 N–H and O–H groups in total. The Morgan fingerprint density at radius 2 is 1.43 bits per heavy atom. The molecular weight excluding hydrogens is 448 g/mol. The molecule has 4 aromatic heterocycles. The number of hydrogen-bond acceptors (Lipinski definition) is 3. The van der Waals surface area contributed by atoms with Crippen LogP contribution in [0.2, 0.25) is 0 Å². The Hall–Kier alpha value is -4.41. The summed E-state index contributed by atoms with van der Waals surface area (Å²) in [5, 5.41) is 4.86. The SMILES string of the molecule is c1ccc(-c2ccc3c(n2)c2c4sc5ccccc5c4ccc2n3-c2coc3ccccc23)cc1. The van der Waals surface area contributed by atoms with Gasteiger partial charge in [0.15, 0.2) is 0 Å². The number of benzene rings is 4. The zero-order valence-electron chi connectivity index (χ0n) is 18.6. The maximum atomic E-state index is 5.96. The zero-order chi connectivity index (χ0) is 22.9. The van der Waals surface area contributed by atoms with Gasteiger partial charge in [0.05, 0.1) is 27.9 Å². The van der Waals surface area contributed by atoms with E-state index in [2.05, 4.69) is 89.5 Å². The van der Waals surface area contributed by atoms with Crippen molar-refractivity contribution in [3.8, 4) is 16.9 Å². The van der Waals surface area contributed by atoms with E-state index in [0.717, 1.165) is 44.5 Å². The summed E-state index contributed by atoms with van der Waals surface area (Å²) < 4.78 is 10.8. The molecule has 3 nitrogen and oxygen atoms in total. The van der Waals surface area contributed by atoms with Crippen molar-refractivity contribution in [2.24, 2.45) is 0 Å². The second-order valence-corrected chi connectivity index (χ2v) is 9.87. The quantitative estimate of drug-likeness (QED) is 0.255. The van der Waals surface area contributed by atoms with Crippen LogP contribution in [0, 0.1) is 0 Å². The Morgan fingerprint density at radius 3 is 2.34 bits per heavy atom. The average Bonchev–Trinajstić information content (AvgIpc) is 3.60. The number of nitrogens with zero attached hydrogens (tertiary/aromatic N) is 2. The maximum absolute atomic E-state index is 5.96. The van der Waals surface area contributed by atoms with Gasteiger partial charge in [0.25, 0.3) is 0 Å². The van der Waals surface area contributed by atoms with Crippen LogP contribution in [0.25, 0.3) is 70.0 Å². The van der Waals surface area contributed by atoms with E-state index in [1.165, 1.54) is 25.6 Å². The van der Waals surface area contributed by atoms with Gasteiger partial charge in [0, 0.05) is 36.5 Å². The van der Waals surface area contributed by atoms with Gasteiger partial charge in [-0.2, -0.15) is 0 Å². The predicted molar refractivity (Wildman–Crippen MR) is 147 cm³/mol. The van der Waals surface area contributed by atoms with Gasteiger partial charge in [-0.15, -0.1) is 11.3 Å². The molecule has 4 heterocycles. The number of aromatic nitrogens is 2. The van der Waals surface area contributed by atoms with Crippen molar-refractivity contribution in [2.75, 3.05) is 0 Å². The molecule has 164 valence electrons. The van der Waals surface area contributed by atoms with Gasteiger partial charge in [0.2, 0.25) is 0 Å². The minimum atomic E-state index is 0.884. The molecule has 4 heteroatoms. The van der Waals surface area contributed by atoms with E-state index in [4.69, 9.17) is 9.40 Å². The summed E-state index contributed by atoms with van der Waals surface area (Å²) in [5.41, 5.74) is 7.26. The third kappa shape index (κ3) is 2.63. The van der Waals surface area contributed by atoms with Gasteiger partial charge in [-0.25, -0.2) is 4.98 Å². The predicted octanol–water partition coefficient (Wildman–Crippen LogP) is 8.96. The lowest BCUT2D eigenvalue weighted by Gasteiger charge is -2.06. The Labute approximate surface area is 204 Å². The van der Waals surface area contributed by atoms with Crippen LogP contribution in [0.5, 0.6) is 0 Å². The Balaban J connectivity index is 1.57. The largest absolute Gasteiger partial charge is 0.462 e. The van der Waals surface area contributed by atoms with Crippen LogP contribution >= 0.6 is 11.3 Å². The number of pyridine rings is 1. The van der Waals surface area contributed by atoms with E-state index in [-0.39, 0.29) is 0 Å². The van der Waals surface area contributed by atoms with Crippen molar-refractivity contribution in [1.29, 1.82) is 0 Å². The van der Waals surface area contributed by atoms with Gasteiger partial charge in [-0.05, 0) is 36.4 Å². The molecule has 0 unspecified atom stereocenters. The smallest absolute Gasteiger partial charge is 0.136 e. The van der Waals surface area contributed by atoms with E-state index in [1.54, 1.807) is 0 Å². The standard InChI is InChI=1S/C31H18N2OS/c1-2-8-19(9-3-1)23-15-17-25-30(32-23)29-24(33(25)26-18-34-27-12-6-4-11-22(26)27)16-14-21-20-10-5-7-13-28(20)35-31(21)29/h1-18H. The van der Waals surface area contributed by atoms with Crippen molar-refractivity contribution in [1.82, 2.24) is 9.55 Å². The number of hydrogen-bond donors (Lipinski definition) is 0. The number of furan rings is 1. The fraction of sp³-hybridized carbons (Fsp3) is 0. The first-order valence-corrected chi connectivity index (χ1v) is 12.5. The van der Waals surface area contributed by atoms with Gasteiger partial charge in [-0.1, -0.05) is 66.7 Å². The Morgan fingerprint density at radius 1 is 0.657 bits per heavy atom. The van der Waals surface area contributed by atoms with Crippen molar-refractivity contribution < 1.29 is 4.42 Å². The highest BCUT2D eigenvalue weighted by molar-refractivity contribution is 7.26. The zero-order valence-corrected chi connectivity index (χ0v) is 19.4. The third-order valence-corrected chi connectivity index (χ3v) is 8.09. The molecular formula is C31H18N2OS. The molecule has 0 fully saturated rings. The number of thiophene rings is 1. The van der Waals surface area contributed by atoms with E-state index >= 15 is 0 Å². The summed E-state index contributed by atoms with van der Waals surface area (Å²) in [6.07, 6.45) is 1.86. The molecule has 0 atom stereocenters.